The van der Waals surface area contributed by atoms with Crippen molar-refractivity contribution in [3.8, 4) is 0 Å². The highest BCUT2D eigenvalue weighted by molar-refractivity contribution is 4.44. The lowest BCUT2D eigenvalue weighted by Crippen LogP contribution is -2.77. The molecule has 0 amide bonds. The molecule has 17 heavy (non-hydrogen) atoms. The molecule has 0 bridgehead atoms. The number of hydrogen-bond acceptors (Lipinski definition) is 2. The molecule has 0 rings (SSSR count). The first-order valence-corrected chi connectivity index (χ1v) is 7.47. The van der Waals surface area contributed by atoms with E-state index < -0.39 is 0 Å². The summed E-state index contributed by atoms with van der Waals surface area (Å²) in [5.74, 6) is 0. The van der Waals surface area contributed by atoms with E-state index in [-0.39, 0.29) is 0 Å². The standard InChI is InChI=1S/C10H23NO.C4H11N/c1-2-3-4-5-6-7-8-9-10-11-12;1-3-5-4-2/h2-11H2,1H3;5H,3-4H2,1-2H3. The molecule has 0 atom stereocenters. The van der Waals surface area contributed by atoms with Crippen LogP contribution in [0.15, 0.2) is 0 Å². The van der Waals surface area contributed by atoms with E-state index in [2.05, 4.69) is 26.1 Å². The van der Waals surface area contributed by atoms with Crippen molar-refractivity contribution in [1.29, 1.82) is 0 Å². The fourth-order valence-electron chi connectivity index (χ4n) is 1.61. The Balaban J connectivity index is 0. The van der Waals surface area contributed by atoms with Gasteiger partial charge in [-0.05, 0) is 25.9 Å². The Kier molecular flexibility index (Phi) is 24.0. The lowest BCUT2D eigenvalue weighted by atomic mass is 10.1. The van der Waals surface area contributed by atoms with E-state index >= 15 is 0 Å². The van der Waals surface area contributed by atoms with Gasteiger partial charge in [0, 0.05) is 0 Å². The highest BCUT2D eigenvalue weighted by Crippen LogP contribution is 2.07. The number of unbranched alkanes of at least 4 members (excludes halogenated alkanes) is 7. The molecule has 0 radical (unpaired) electrons. The lowest BCUT2D eigenvalue weighted by molar-refractivity contribution is -0.589. The molecule has 0 saturated carbocycles. The monoisotopic (exact) mass is 246 g/mol. The average Bonchev–Trinajstić information content (AvgIpc) is 2.34. The SMILES string of the molecule is CCCCCCCCCC[NH2+][O-].CCNCC. The van der Waals surface area contributed by atoms with Gasteiger partial charge in [0.25, 0.3) is 0 Å². The number of nitrogens with two attached hydrogens (primary N) is 1. The fraction of sp³-hybridized carbons (Fsp3) is 1.00. The number of nitrogens with one attached hydrogen (secondary N) is 1. The number of quaternary nitrogens is 1. The van der Waals surface area contributed by atoms with E-state index in [1.807, 2.05) is 0 Å². The van der Waals surface area contributed by atoms with Crippen molar-refractivity contribution in [3.05, 3.63) is 5.21 Å². The molecule has 0 aliphatic carbocycles. The molecule has 0 unspecified atom stereocenters. The Morgan fingerprint density at radius 2 is 1.24 bits per heavy atom. The van der Waals surface area contributed by atoms with Crippen LogP contribution < -0.4 is 10.8 Å². The molecular weight excluding hydrogens is 212 g/mol. The van der Waals surface area contributed by atoms with Crippen LogP contribution in [0.25, 0.3) is 0 Å². The molecule has 0 fully saturated rings. The van der Waals surface area contributed by atoms with Crippen molar-refractivity contribution in [2.75, 3.05) is 19.6 Å². The summed E-state index contributed by atoms with van der Waals surface area (Å²) in [5.41, 5.74) is 1.02. The summed E-state index contributed by atoms with van der Waals surface area (Å²) in [5, 5.41) is 13.1. The van der Waals surface area contributed by atoms with Gasteiger partial charge in [-0.3, -0.25) is 0 Å². The van der Waals surface area contributed by atoms with Crippen LogP contribution in [0, 0.1) is 5.21 Å². The van der Waals surface area contributed by atoms with Gasteiger partial charge in [0.05, 0.1) is 6.54 Å². The summed E-state index contributed by atoms with van der Waals surface area (Å²) in [6.45, 7) is 9.39. The predicted octanol–water partition coefficient (Wildman–Crippen LogP) is 2.80. The summed E-state index contributed by atoms with van der Waals surface area (Å²) in [7, 11) is 0. The maximum absolute atomic E-state index is 9.98. The van der Waals surface area contributed by atoms with E-state index in [1.54, 1.807) is 0 Å². The first kappa shape index (κ1) is 19.2. The Hall–Kier alpha value is -0.120. The van der Waals surface area contributed by atoms with Crippen molar-refractivity contribution < 1.29 is 5.48 Å². The molecule has 106 valence electrons. The largest absolute Gasteiger partial charge is 0.636 e. The molecule has 3 heteroatoms. The van der Waals surface area contributed by atoms with E-state index in [4.69, 9.17) is 0 Å². The molecular formula is C14H34N2O. The van der Waals surface area contributed by atoms with Gasteiger partial charge in [0.2, 0.25) is 0 Å². The van der Waals surface area contributed by atoms with Crippen LogP contribution in [-0.4, -0.2) is 19.6 Å². The number of hydrogen-bond donors (Lipinski definition) is 2. The van der Waals surface area contributed by atoms with E-state index in [0.29, 0.717) is 0 Å². The second-order valence-corrected chi connectivity index (χ2v) is 4.39. The van der Waals surface area contributed by atoms with Crippen LogP contribution in [0.3, 0.4) is 0 Å². The van der Waals surface area contributed by atoms with Crippen molar-refractivity contribution in [1.82, 2.24) is 5.32 Å². The first-order valence-electron chi connectivity index (χ1n) is 7.47. The van der Waals surface area contributed by atoms with E-state index in [9.17, 15) is 5.21 Å². The van der Waals surface area contributed by atoms with Gasteiger partial charge in [-0.15, -0.1) is 0 Å². The molecule has 0 aromatic heterocycles. The third-order valence-electron chi connectivity index (χ3n) is 2.68. The fourth-order valence-corrected chi connectivity index (χ4v) is 1.61. The minimum absolute atomic E-state index is 0.759. The predicted molar refractivity (Wildman–Crippen MR) is 77.0 cm³/mol. The molecule has 3 nitrogen and oxygen atoms in total. The maximum atomic E-state index is 9.98. The van der Waals surface area contributed by atoms with Gasteiger partial charge in [0.15, 0.2) is 0 Å². The molecule has 0 saturated heterocycles. The maximum Gasteiger partial charge on any atom is 0.0752 e. The van der Waals surface area contributed by atoms with Crippen LogP contribution in [0.1, 0.15) is 72.1 Å². The zero-order valence-corrected chi connectivity index (χ0v) is 12.3. The molecule has 0 spiro atoms. The lowest BCUT2D eigenvalue weighted by Gasteiger charge is -2.02. The quantitative estimate of drug-likeness (QED) is 0.435. The first-order chi connectivity index (χ1) is 8.33. The number of rotatable bonds is 11. The van der Waals surface area contributed by atoms with Gasteiger partial charge >= 0.3 is 0 Å². The smallest absolute Gasteiger partial charge is 0.0752 e. The second-order valence-electron chi connectivity index (χ2n) is 4.39. The molecule has 3 N–H and O–H groups in total. The third-order valence-corrected chi connectivity index (χ3v) is 2.68. The number of hydroxylamine groups is 1. The summed E-state index contributed by atoms with van der Waals surface area (Å²) >= 11 is 0. The molecule has 0 aliphatic rings. The molecule has 0 aromatic rings. The van der Waals surface area contributed by atoms with Crippen LogP contribution in [-0.2, 0) is 0 Å². The van der Waals surface area contributed by atoms with Crippen molar-refractivity contribution in [3.63, 3.8) is 0 Å². The van der Waals surface area contributed by atoms with Crippen molar-refractivity contribution in [2.45, 2.75) is 72.1 Å². The van der Waals surface area contributed by atoms with Gasteiger partial charge in [-0.1, -0.05) is 59.3 Å². The van der Waals surface area contributed by atoms with Crippen LogP contribution >= 0.6 is 0 Å². The van der Waals surface area contributed by atoms with Gasteiger partial charge < -0.3 is 16.0 Å². The summed E-state index contributed by atoms with van der Waals surface area (Å²) in [6.07, 6.45) is 10.5. The van der Waals surface area contributed by atoms with Crippen LogP contribution in [0.4, 0.5) is 0 Å². The van der Waals surface area contributed by atoms with Crippen LogP contribution in [0.2, 0.25) is 0 Å². The Bertz CT molecular complexity index is 98.4. The normalized spacial score (nSPS) is 9.88. The van der Waals surface area contributed by atoms with Crippen LogP contribution in [0.5, 0.6) is 0 Å². The second kappa shape index (κ2) is 21.2. The van der Waals surface area contributed by atoms with Crippen molar-refractivity contribution >= 4 is 0 Å². The average molecular weight is 246 g/mol. The third kappa shape index (κ3) is 25.8. The summed E-state index contributed by atoms with van der Waals surface area (Å²) in [6, 6.07) is 0. The minimum atomic E-state index is 0.759. The van der Waals surface area contributed by atoms with E-state index in [1.165, 1.54) is 44.9 Å². The summed E-state index contributed by atoms with van der Waals surface area (Å²) in [4.78, 5) is 0. The van der Waals surface area contributed by atoms with Gasteiger partial charge in [-0.25, -0.2) is 0 Å². The summed E-state index contributed by atoms with van der Waals surface area (Å²) < 4.78 is 0. The molecule has 0 heterocycles. The van der Waals surface area contributed by atoms with Gasteiger partial charge in [-0.2, -0.15) is 0 Å². The Morgan fingerprint density at radius 3 is 1.59 bits per heavy atom. The Morgan fingerprint density at radius 1 is 0.765 bits per heavy atom. The van der Waals surface area contributed by atoms with E-state index in [0.717, 1.165) is 31.5 Å². The zero-order valence-electron chi connectivity index (χ0n) is 12.3. The molecule has 0 aromatic carbocycles. The highest BCUT2D eigenvalue weighted by atomic mass is 16.5. The Labute approximate surface area is 108 Å². The zero-order chi connectivity index (χ0) is 13.2. The highest BCUT2D eigenvalue weighted by Gasteiger charge is 1.90. The topological polar surface area (TPSA) is 51.7 Å². The minimum Gasteiger partial charge on any atom is -0.636 e. The van der Waals surface area contributed by atoms with Crippen molar-refractivity contribution in [2.24, 2.45) is 0 Å². The molecule has 0 aliphatic heterocycles. The van der Waals surface area contributed by atoms with Gasteiger partial charge in [0.1, 0.15) is 0 Å².